The van der Waals surface area contributed by atoms with Crippen molar-refractivity contribution in [3.8, 4) is 90.1 Å². The van der Waals surface area contributed by atoms with E-state index in [0.29, 0.717) is 23.4 Å². The third kappa shape index (κ3) is 6.84. The van der Waals surface area contributed by atoms with Crippen LogP contribution in [0, 0.1) is 0 Å². The van der Waals surface area contributed by atoms with E-state index in [-0.39, 0.29) is 0 Å². The molecule has 0 aliphatic heterocycles. The number of rotatable bonds is 8. The summed E-state index contributed by atoms with van der Waals surface area (Å²) in [5.41, 5.74) is 13.8. The van der Waals surface area contributed by atoms with Crippen molar-refractivity contribution in [2.45, 2.75) is 0 Å². The number of nitrogens with zero attached hydrogens (tertiary/aromatic N) is 4. The molecule has 0 saturated carbocycles. The van der Waals surface area contributed by atoms with Crippen LogP contribution in [0.1, 0.15) is 0 Å². The van der Waals surface area contributed by atoms with Gasteiger partial charge in [-0.3, -0.25) is 0 Å². The molecule has 5 heteroatoms. The molecule has 61 heavy (non-hydrogen) atoms. The first-order valence-electron chi connectivity index (χ1n) is 20.4. The zero-order chi connectivity index (χ0) is 40.5. The SMILES string of the molecule is c1ccc(-c2cccc(-c3nc(-c4ccc(-c5ccccc5)c(-c5ccccc5)c4)nc(-c4ccccc4-c4cccc5ccc6nc(-c7ccccc7)oc6c45)n3)c2)cc1. The molecule has 0 bridgehead atoms. The molecular weight excluding hydrogens is 745 g/mol. The molecule has 11 rings (SSSR count). The van der Waals surface area contributed by atoms with Crippen molar-refractivity contribution in [1.82, 2.24) is 19.9 Å². The zero-order valence-electron chi connectivity index (χ0n) is 33.0. The number of hydrogen-bond donors (Lipinski definition) is 0. The standard InChI is InChI=1S/C56H36N4O/c1-5-17-37(18-6-1)42-26-15-27-43(35-42)53-58-54(44-31-33-45(38-19-7-2-8-20-38)49(36-44)39-21-9-3-10-22-39)60-55(59-53)48-29-14-13-28-46(48)47-30-16-25-40-32-34-50-52(51(40)47)61-56(57-50)41-23-11-4-12-24-41/h1-36H. The van der Waals surface area contributed by atoms with Crippen molar-refractivity contribution in [3.63, 3.8) is 0 Å². The molecule has 0 atom stereocenters. The van der Waals surface area contributed by atoms with Gasteiger partial charge >= 0.3 is 0 Å². The van der Waals surface area contributed by atoms with Gasteiger partial charge in [0.25, 0.3) is 0 Å². The molecular formula is C56H36N4O. The summed E-state index contributed by atoms with van der Waals surface area (Å²) in [6, 6.07) is 75.2. The van der Waals surface area contributed by atoms with Crippen LogP contribution >= 0.6 is 0 Å². The Morgan fingerprint density at radius 3 is 1.51 bits per heavy atom. The lowest BCUT2D eigenvalue weighted by molar-refractivity contribution is 0.623. The lowest BCUT2D eigenvalue weighted by Gasteiger charge is -2.15. The fourth-order valence-electron chi connectivity index (χ4n) is 8.23. The number of aromatic nitrogens is 4. The average molecular weight is 781 g/mol. The van der Waals surface area contributed by atoms with Gasteiger partial charge in [-0.05, 0) is 80.2 Å². The van der Waals surface area contributed by atoms with Gasteiger partial charge in [0.1, 0.15) is 5.52 Å². The highest BCUT2D eigenvalue weighted by Gasteiger charge is 2.21. The van der Waals surface area contributed by atoms with E-state index < -0.39 is 0 Å². The van der Waals surface area contributed by atoms with Crippen LogP contribution in [0.15, 0.2) is 223 Å². The average Bonchev–Trinajstić information content (AvgIpc) is 3.80. The van der Waals surface area contributed by atoms with E-state index in [0.717, 1.165) is 88.6 Å². The Hall–Kier alpha value is -8.28. The summed E-state index contributed by atoms with van der Waals surface area (Å²) in [5, 5.41) is 2.04. The summed E-state index contributed by atoms with van der Waals surface area (Å²) >= 11 is 0. The van der Waals surface area contributed by atoms with Crippen molar-refractivity contribution in [2.75, 3.05) is 0 Å². The summed E-state index contributed by atoms with van der Waals surface area (Å²) in [5.74, 6) is 2.33. The van der Waals surface area contributed by atoms with Gasteiger partial charge in [0, 0.05) is 27.6 Å². The minimum absolute atomic E-state index is 0.570. The van der Waals surface area contributed by atoms with Gasteiger partial charge in [0.15, 0.2) is 23.1 Å². The molecule has 11 aromatic rings. The Morgan fingerprint density at radius 2 is 0.803 bits per heavy atom. The van der Waals surface area contributed by atoms with E-state index in [1.54, 1.807) is 0 Å². The molecule has 0 aliphatic rings. The summed E-state index contributed by atoms with van der Waals surface area (Å²) in [6.07, 6.45) is 0. The van der Waals surface area contributed by atoms with Gasteiger partial charge in [0.2, 0.25) is 5.89 Å². The van der Waals surface area contributed by atoms with Gasteiger partial charge in [-0.15, -0.1) is 0 Å². The minimum Gasteiger partial charge on any atom is -0.435 e. The molecule has 9 aromatic carbocycles. The lowest BCUT2D eigenvalue weighted by Crippen LogP contribution is -2.01. The Balaban J connectivity index is 1.13. The summed E-state index contributed by atoms with van der Waals surface area (Å²) in [7, 11) is 0. The first kappa shape index (κ1) is 35.8. The van der Waals surface area contributed by atoms with Gasteiger partial charge < -0.3 is 4.42 Å². The van der Waals surface area contributed by atoms with Crippen LogP contribution in [0.4, 0.5) is 0 Å². The lowest BCUT2D eigenvalue weighted by atomic mass is 9.92. The molecule has 286 valence electrons. The molecule has 5 nitrogen and oxygen atoms in total. The monoisotopic (exact) mass is 780 g/mol. The second-order valence-electron chi connectivity index (χ2n) is 15.0. The van der Waals surface area contributed by atoms with Crippen LogP contribution in [-0.2, 0) is 0 Å². The van der Waals surface area contributed by atoms with Crippen molar-refractivity contribution < 1.29 is 4.42 Å². The summed E-state index contributed by atoms with van der Waals surface area (Å²) in [4.78, 5) is 20.8. The van der Waals surface area contributed by atoms with Gasteiger partial charge in [-0.25, -0.2) is 19.9 Å². The van der Waals surface area contributed by atoms with Crippen molar-refractivity contribution >= 4 is 21.9 Å². The topological polar surface area (TPSA) is 64.7 Å². The quantitative estimate of drug-likeness (QED) is 0.154. The predicted octanol–water partition coefficient (Wildman–Crippen LogP) is 14.5. The second-order valence-corrected chi connectivity index (χ2v) is 15.0. The smallest absolute Gasteiger partial charge is 0.227 e. The van der Waals surface area contributed by atoms with Crippen molar-refractivity contribution in [3.05, 3.63) is 218 Å². The maximum Gasteiger partial charge on any atom is 0.227 e. The Bertz CT molecular complexity index is 3350. The van der Waals surface area contributed by atoms with Crippen LogP contribution in [0.2, 0.25) is 0 Å². The highest BCUT2D eigenvalue weighted by atomic mass is 16.3. The molecule has 0 unspecified atom stereocenters. The van der Waals surface area contributed by atoms with Crippen LogP contribution < -0.4 is 0 Å². The van der Waals surface area contributed by atoms with Crippen LogP contribution in [0.25, 0.3) is 112 Å². The van der Waals surface area contributed by atoms with E-state index in [4.69, 9.17) is 24.4 Å². The molecule has 0 N–H and O–H groups in total. The molecule has 0 fully saturated rings. The Morgan fingerprint density at radius 1 is 0.279 bits per heavy atom. The first-order valence-corrected chi connectivity index (χ1v) is 20.4. The fraction of sp³-hybridized carbons (Fsp3) is 0. The fourth-order valence-corrected chi connectivity index (χ4v) is 8.23. The maximum atomic E-state index is 6.61. The van der Waals surface area contributed by atoms with Crippen molar-refractivity contribution in [2.24, 2.45) is 0 Å². The van der Waals surface area contributed by atoms with Crippen LogP contribution in [0.5, 0.6) is 0 Å². The molecule has 2 aromatic heterocycles. The van der Waals surface area contributed by atoms with E-state index in [2.05, 4.69) is 158 Å². The third-order valence-corrected chi connectivity index (χ3v) is 11.2. The Labute approximate surface area is 353 Å². The normalized spacial score (nSPS) is 11.3. The van der Waals surface area contributed by atoms with E-state index >= 15 is 0 Å². The largest absolute Gasteiger partial charge is 0.435 e. The zero-order valence-corrected chi connectivity index (χ0v) is 33.0. The van der Waals surface area contributed by atoms with Gasteiger partial charge in [-0.1, -0.05) is 188 Å². The Kier molecular flexibility index (Phi) is 9.10. The predicted molar refractivity (Wildman–Crippen MR) is 248 cm³/mol. The first-order chi connectivity index (χ1) is 30.2. The van der Waals surface area contributed by atoms with E-state index in [1.807, 2.05) is 60.7 Å². The minimum atomic E-state index is 0.570. The van der Waals surface area contributed by atoms with Crippen molar-refractivity contribution in [1.29, 1.82) is 0 Å². The summed E-state index contributed by atoms with van der Waals surface area (Å²) in [6.45, 7) is 0. The second kappa shape index (κ2) is 15.5. The highest BCUT2D eigenvalue weighted by molar-refractivity contribution is 6.12. The van der Waals surface area contributed by atoms with Gasteiger partial charge in [0.05, 0.1) is 0 Å². The molecule has 0 spiro atoms. The summed E-state index contributed by atoms with van der Waals surface area (Å²) < 4.78 is 6.61. The third-order valence-electron chi connectivity index (χ3n) is 11.2. The molecule has 2 heterocycles. The molecule has 0 aliphatic carbocycles. The number of oxazole rings is 1. The molecule has 0 saturated heterocycles. The van der Waals surface area contributed by atoms with E-state index in [9.17, 15) is 0 Å². The molecule has 0 amide bonds. The van der Waals surface area contributed by atoms with Crippen LogP contribution in [0.3, 0.4) is 0 Å². The van der Waals surface area contributed by atoms with E-state index in [1.165, 1.54) is 0 Å². The maximum absolute atomic E-state index is 6.61. The highest BCUT2D eigenvalue weighted by Crippen LogP contribution is 2.41. The number of fused-ring (bicyclic) bond motifs is 3. The van der Waals surface area contributed by atoms with Gasteiger partial charge in [-0.2, -0.15) is 0 Å². The number of hydrogen-bond acceptors (Lipinski definition) is 5. The molecule has 0 radical (unpaired) electrons. The van der Waals surface area contributed by atoms with Crippen LogP contribution in [-0.4, -0.2) is 19.9 Å². The number of benzene rings is 9.